The number of nitrogens with one attached hydrogen (secondary N) is 1. The molecule has 0 unspecified atom stereocenters. The first-order chi connectivity index (χ1) is 8.58. The summed E-state index contributed by atoms with van der Waals surface area (Å²) in [5, 5.41) is 13.5. The van der Waals surface area contributed by atoms with Crippen LogP contribution in [0.5, 0.6) is 0 Å². The normalized spacial score (nSPS) is 10.3. The third kappa shape index (κ3) is 2.57. The minimum atomic E-state index is -1.19. The van der Waals surface area contributed by atoms with Crippen LogP contribution in [0.15, 0.2) is 23.0 Å². The van der Waals surface area contributed by atoms with Gasteiger partial charge in [-0.1, -0.05) is 0 Å². The quantitative estimate of drug-likeness (QED) is 0.739. The lowest BCUT2D eigenvalue weighted by atomic mass is 10.1. The Kier molecular flexibility index (Phi) is 3.42. The van der Waals surface area contributed by atoms with Crippen molar-refractivity contribution in [1.82, 2.24) is 4.98 Å². The second-order valence-electron chi connectivity index (χ2n) is 3.56. The molecule has 4 N–H and O–H groups in total. The van der Waals surface area contributed by atoms with E-state index in [1.807, 2.05) is 5.38 Å². The summed E-state index contributed by atoms with van der Waals surface area (Å²) in [4.78, 5) is 14.9. The number of rotatable bonds is 4. The number of carboxylic acids is 1. The van der Waals surface area contributed by atoms with Crippen LogP contribution in [0.2, 0.25) is 0 Å². The first kappa shape index (κ1) is 12.3. The molecular formula is C11H10FN3O2S. The van der Waals surface area contributed by atoms with Gasteiger partial charge in [-0.2, -0.15) is 0 Å². The third-order valence-corrected chi connectivity index (χ3v) is 2.95. The van der Waals surface area contributed by atoms with Gasteiger partial charge in [-0.15, -0.1) is 11.3 Å². The molecule has 0 aliphatic heterocycles. The lowest BCUT2D eigenvalue weighted by molar-refractivity contribution is 0.0698. The van der Waals surface area contributed by atoms with Crippen LogP contribution in [0, 0.1) is 5.82 Å². The number of aromatic carboxylic acids is 1. The number of anilines is 2. The van der Waals surface area contributed by atoms with E-state index < -0.39 is 11.8 Å². The number of carboxylic acid groups (broad SMARTS) is 1. The van der Waals surface area contributed by atoms with E-state index in [1.54, 1.807) is 5.51 Å². The number of nitrogens with zero attached hydrogens (tertiary/aromatic N) is 1. The zero-order chi connectivity index (χ0) is 13.1. The van der Waals surface area contributed by atoms with Gasteiger partial charge in [0.1, 0.15) is 5.82 Å². The molecule has 2 aromatic rings. The van der Waals surface area contributed by atoms with Crippen molar-refractivity contribution in [2.45, 2.75) is 6.54 Å². The summed E-state index contributed by atoms with van der Waals surface area (Å²) in [6, 6.07) is 2.17. The SMILES string of the molecule is Nc1cc(F)c(NCc2cscn2)cc1C(=O)O. The summed E-state index contributed by atoms with van der Waals surface area (Å²) >= 11 is 1.43. The molecule has 18 heavy (non-hydrogen) atoms. The van der Waals surface area contributed by atoms with Gasteiger partial charge in [0.2, 0.25) is 0 Å². The molecular weight excluding hydrogens is 257 g/mol. The zero-order valence-electron chi connectivity index (χ0n) is 9.18. The highest BCUT2D eigenvalue weighted by Crippen LogP contribution is 2.22. The van der Waals surface area contributed by atoms with Crippen LogP contribution < -0.4 is 11.1 Å². The van der Waals surface area contributed by atoms with Crippen molar-refractivity contribution in [3.05, 3.63) is 40.1 Å². The molecule has 1 aromatic carbocycles. The lowest BCUT2D eigenvalue weighted by Gasteiger charge is -2.09. The molecule has 5 nitrogen and oxygen atoms in total. The van der Waals surface area contributed by atoms with Crippen LogP contribution in [0.25, 0.3) is 0 Å². The number of carbonyl (C=O) groups is 1. The molecule has 1 heterocycles. The van der Waals surface area contributed by atoms with Crippen molar-refractivity contribution < 1.29 is 14.3 Å². The molecule has 0 aliphatic rings. The number of thiazole rings is 1. The van der Waals surface area contributed by atoms with Gasteiger partial charge in [-0.25, -0.2) is 14.2 Å². The number of nitrogens with two attached hydrogens (primary N) is 1. The largest absolute Gasteiger partial charge is 0.478 e. The van der Waals surface area contributed by atoms with Crippen molar-refractivity contribution >= 4 is 28.7 Å². The first-order valence-electron chi connectivity index (χ1n) is 5.01. The second kappa shape index (κ2) is 5.01. The average Bonchev–Trinajstić information content (AvgIpc) is 2.80. The highest BCUT2D eigenvalue weighted by Gasteiger charge is 2.13. The van der Waals surface area contributed by atoms with Crippen molar-refractivity contribution in [2.24, 2.45) is 0 Å². The van der Waals surface area contributed by atoms with E-state index in [4.69, 9.17) is 10.8 Å². The fraction of sp³-hybridized carbons (Fsp3) is 0.0909. The Morgan fingerprint density at radius 3 is 2.94 bits per heavy atom. The van der Waals surface area contributed by atoms with Crippen molar-refractivity contribution in [3.8, 4) is 0 Å². The molecule has 0 spiro atoms. The maximum absolute atomic E-state index is 13.6. The summed E-state index contributed by atoms with van der Waals surface area (Å²) in [7, 11) is 0. The maximum Gasteiger partial charge on any atom is 0.337 e. The van der Waals surface area contributed by atoms with E-state index in [1.165, 1.54) is 17.4 Å². The molecule has 0 atom stereocenters. The Morgan fingerprint density at radius 1 is 1.56 bits per heavy atom. The maximum atomic E-state index is 13.6. The van der Waals surface area contributed by atoms with E-state index in [2.05, 4.69) is 10.3 Å². The predicted octanol–water partition coefficient (Wildman–Crippen LogP) is 2.17. The third-order valence-electron chi connectivity index (χ3n) is 2.31. The molecule has 0 radical (unpaired) electrons. The zero-order valence-corrected chi connectivity index (χ0v) is 10.00. The van der Waals surface area contributed by atoms with Gasteiger partial charge in [0.15, 0.2) is 0 Å². The fourth-order valence-electron chi connectivity index (χ4n) is 1.42. The number of hydrogen-bond donors (Lipinski definition) is 3. The van der Waals surface area contributed by atoms with Crippen molar-refractivity contribution in [2.75, 3.05) is 11.1 Å². The number of halogens is 1. The fourth-order valence-corrected chi connectivity index (χ4v) is 1.98. The molecule has 0 saturated heterocycles. The standard InChI is InChI=1S/C11H10FN3O2S/c12-8-2-9(13)7(11(16)17)1-10(8)14-3-6-4-18-5-15-6/h1-2,4-5,14H,3,13H2,(H,16,17). The Bertz CT molecular complexity index is 572. The minimum Gasteiger partial charge on any atom is -0.478 e. The highest BCUT2D eigenvalue weighted by atomic mass is 32.1. The molecule has 94 valence electrons. The van der Waals surface area contributed by atoms with E-state index >= 15 is 0 Å². The summed E-state index contributed by atoms with van der Waals surface area (Å²) in [6.07, 6.45) is 0. The van der Waals surface area contributed by atoms with E-state index in [0.717, 1.165) is 11.8 Å². The Hall–Kier alpha value is -2.15. The van der Waals surface area contributed by atoms with Crippen LogP contribution in [-0.2, 0) is 6.54 Å². The summed E-state index contributed by atoms with van der Waals surface area (Å²) < 4.78 is 13.6. The van der Waals surface area contributed by atoms with Gasteiger partial charge in [0.05, 0.1) is 29.0 Å². The second-order valence-corrected chi connectivity index (χ2v) is 4.28. The van der Waals surface area contributed by atoms with E-state index in [0.29, 0.717) is 6.54 Å². The number of hydrogen-bond acceptors (Lipinski definition) is 5. The molecule has 0 saturated carbocycles. The first-order valence-corrected chi connectivity index (χ1v) is 5.95. The van der Waals surface area contributed by atoms with Crippen LogP contribution in [0.3, 0.4) is 0 Å². The molecule has 2 rings (SSSR count). The Labute approximate surface area is 106 Å². The summed E-state index contributed by atoms with van der Waals surface area (Å²) in [5.41, 5.74) is 7.71. The lowest BCUT2D eigenvalue weighted by Crippen LogP contribution is -2.07. The molecule has 0 fully saturated rings. The van der Waals surface area contributed by atoms with E-state index in [9.17, 15) is 9.18 Å². The average molecular weight is 267 g/mol. The summed E-state index contributed by atoms with van der Waals surface area (Å²) in [5.74, 6) is -1.78. The molecule has 1 aromatic heterocycles. The Morgan fingerprint density at radius 2 is 2.33 bits per heavy atom. The van der Waals surface area contributed by atoms with Gasteiger partial charge in [-0.3, -0.25) is 0 Å². The van der Waals surface area contributed by atoms with Crippen LogP contribution >= 0.6 is 11.3 Å². The van der Waals surface area contributed by atoms with Crippen LogP contribution in [-0.4, -0.2) is 16.1 Å². The van der Waals surface area contributed by atoms with Gasteiger partial charge in [0, 0.05) is 11.1 Å². The molecule has 7 heteroatoms. The van der Waals surface area contributed by atoms with Gasteiger partial charge < -0.3 is 16.2 Å². The van der Waals surface area contributed by atoms with Crippen molar-refractivity contribution in [3.63, 3.8) is 0 Å². The van der Waals surface area contributed by atoms with Crippen LogP contribution in [0.1, 0.15) is 16.1 Å². The smallest absolute Gasteiger partial charge is 0.337 e. The van der Waals surface area contributed by atoms with E-state index in [-0.39, 0.29) is 16.9 Å². The van der Waals surface area contributed by atoms with Gasteiger partial charge >= 0.3 is 5.97 Å². The predicted molar refractivity (Wildman–Crippen MR) is 67.2 cm³/mol. The monoisotopic (exact) mass is 267 g/mol. The van der Waals surface area contributed by atoms with Gasteiger partial charge in [0.25, 0.3) is 0 Å². The number of benzene rings is 1. The Balaban J connectivity index is 2.22. The molecule has 0 amide bonds. The van der Waals surface area contributed by atoms with Crippen LogP contribution in [0.4, 0.5) is 15.8 Å². The summed E-state index contributed by atoms with van der Waals surface area (Å²) in [6.45, 7) is 0.323. The van der Waals surface area contributed by atoms with Gasteiger partial charge in [-0.05, 0) is 12.1 Å². The number of aromatic nitrogens is 1. The molecule has 0 aliphatic carbocycles. The highest BCUT2D eigenvalue weighted by molar-refractivity contribution is 7.07. The topological polar surface area (TPSA) is 88.2 Å². The molecule has 0 bridgehead atoms. The van der Waals surface area contributed by atoms with Crippen molar-refractivity contribution in [1.29, 1.82) is 0 Å². The number of nitrogen functional groups attached to an aromatic ring is 1. The minimum absolute atomic E-state index is 0.0922.